The first-order valence-corrected chi connectivity index (χ1v) is 6.27. The van der Waals surface area contributed by atoms with E-state index >= 15 is 0 Å². The van der Waals surface area contributed by atoms with E-state index in [4.69, 9.17) is 10.5 Å². The van der Waals surface area contributed by atoms with Crippen molar-refractivity contribution in [2.24, 2.45) is 5.73 Å². The third kappa shape index (κ3) is 3.24. The summed E-state index contributed by atoms with van der Waals surface area (Å²) in [5, 5.41) is 0. The predicted octanol–water partition coefficient (Wildman–Crippen LogP) is 3.28. The van der Waals surface area contributed by atoms with Gasteiger partial charge in [0.2, 0.25) is 0 Å². The molecule has 1 aromatic carbocycles. The van der Waals surface area contributed by atoms with Gasteiger partial charge in [0, 0.05) is 7.11 Å². The van der Waals surface area contributed by atoms with Crippen LogP contribution in [0.1, 0.15) is 18.4 Å². The molecule has 0 aromatic heterocycles. The zero-order chi connectivity index (χ0) is 13.8. The molecule has 18 heavy (non-hydrogen) atoms. The molecule has 0 heterocycles. The van der Waals surface area contributed by atoms with Crippen LogP contribution in [-0.4, -0.2) is 20.3 Å². The summed E-state index contributed by atoms with van der Waals surface area (Å²) in [5.74, 6) is -1.86. The van der Waals surface area contributed by atoms with E-state index < -0.39 is 29.5 Å². The molecule has 0 aliphatic heterocycles. The first kappa shape index (κ1) is 15.5. The summed E-state index contributed by atoms with van der Waals surface area (Å²) in [6, 6.07) is 2.22. The predicted molar refractivity (Wildman–Crippen MR) is 67.0 cm³/mol. The number of nitrogens with two attached hydrogens (primary N) is 1. The van der Waals surface area contributed by atoms with Crippen LogP contribution in [-0.2, 0) is 10.4 Å². The Morgan fingerprint density at radius 1 is 1.39 bits per heavy atom. The van der Waals surface area contributed by atoms with Gasteiger partial charge in [-0.2, -0.15) is 0 Å². The molecule has 0 saturated heterocycles. The molecule has 0 spiro atoms. The summed E-state index contributed by atoms with van der Waals surface area (Å²) < 4.78 is 47.1. The van der Waals surface area contributed by atoms with E-state index in [1.54, 1.807) is 0 Å². The van der Waals surface area contributed by atoms with Gasteiger partial charge in [-0.15, -0.1) is 0 Å². The minimum atomic E-state index is -2.22. The second kappa shape index (κ2) is 6.54. The molecule has 0 radical (unpaired) electrons. The van der Waals surface area contributed by atoms with Gasteiger partial charge in [-0.25, -0.2) is 13.2 Å². The highest BCUT2D eigenvalue weighted by Gasteiger charge is 2.37. The van der Waals surface area contributed by atoms with Crippen LogP contribution >= 0.6 is 15.9 Å². The van der Waals surface area contributed by atoms with Gasteiger partial charge in [-0.3, -0.25) is 0 Å². The topological polar surface area (TPSA) is 35.2 Å². The van der Waals surface area contributed by atoms with Crippen molar-refractivity contribution in [3.8, 4) is 0 Å². The molecule has 1 atom stereocenters. The molecule has 0 saturated carbocycles. The highest BCUT2D eigenvalue weighted by atomic mass is 79.9. The lowest BCUT2D eigenvalue weighted by Crippen LogP contribution is -2.30. The van der Waals surface area contributed by atoms with Gasteiger partial charge in [0.25, 0.3) is 0 Å². The number of benzene rings is 1. The first-order valence-electron chi connectivity index (χ1n) is 5.48. The molecule has 0 fully saturated rings. The number of methoxy groups -OCH3 is 1. The summed E-state index contributed by atoms with van der Waals surface area (Å²) in [5.41, 5.74) is 2.49. The molecule has 1 unspecified atom stereocenters. The van der Waals surface area contributed by atoms with E-state index in [0.717, 1.165) is 6.07 Å². The van der Waals surface area contributed by atoms with Crippen molar-refractivity contribution in [3.05, 3.63) is 33.8 Å². The van der Waals surface area contributed by atoms with Gasteiger partial charge in [0.05, 0.1) is 16.6 Å². The Balaban J connectivity index is 3.24. The first-order chi connectivity index (χ1) is 8.46. The molecular weight excluding hydrogens is 311 g/mol. The fourth-order valence-electron chi connectivity index (χ4n) is 1.82. The Labute approximate surface area is 112 Å². The smallest absolute Gasteiger partial charge is 0.164 e. The molecule has 1 rings (SSSR count). The van der Waals surface area contributed by atoms with Crippen molar-refractivity contribution in [1.29, 1.82) is 0 Å². The van der Waals surface area contributed by atoms with Crippen molar-refractivity contribution in [2.75, 3.05) is 20.3 Å². The maximum absolute atomic E-state index is 14.7. The molecule has 2 N–H and O–H groups in total. The third-order valence-corrected chi connectivity index (χ3v) is 3.25. The summed E-state index contributed by atoms with van der Waals surface area (Å²) in [6.45, 7) is -0.177. The normalized spacial score (nSPS) is 14.6. The average molecular weight is 326 g/mol. The number of hydrogen-bond donors (Lipinski definition) is 1. The third-order valence-electron chi connectivity index (χ3n) is 2.64. The molecule has 102 valence electrons. The number of hydrogen-bond acceptors (Lipinski definition) is 2. The van der Waals surface area contributed by atoms with E-state index in [1.165, 1.54) is 13.2 Å². The Bertz CT molecular complexity index is 417. The SMILES string of the molecule is COCC(F)(CCCN)c1c(F)ccc(Br)c1F. The number of rotatable bonds is 6. The van der Waals surface area contributed by atoms with Gasteiger partial charge in [0.1, 0.15) is 11.6 Å². The molecule has 6 heteroatoms. The van der Waals surface area contributed by atoms with E-state index in [1.807, 2.05) is 0 Å². The molecule has 0 aliphatic rings. The molecule has 0 bridgehead atoms. The summed E-state index contributed by atoms with van der Waals surface area (Å²) in [7, 11) is 1.28. The Hall–Kier alpha value is -0.590. The lowest BCUT2D eigenvalue weighted by Gasteiger charge is -2.26. The van der Waals surface area contributed by atoms with Crippen molar-refractivity contribution < 1.29 is 17.9 Å². The second-order valence-electron chi connectivity index (χ2n) is 4.01. The van der Waals surface area contributed by atoms with Gasteiger partial charge >= 0.3 is 0 Å². The van der Waals surface area contributed by atoms with Crippen molar-refractivity contribution in [1.82, 2.24) is 0 Å². The number of halogens is 4. The Morgan fingerprint density at radius 2 is 2.06 bits per heavy atom. The highest BCUT2D eigenvalue weighted by Crippen LogP contribution is 2.37. The quantitative estimate of drug-likeness (QED) is 0.815. The van der Waals surface area contributed by atoms with Crippen LogP contribution in [0.2, 0.25) is 0 Å². The van der Waals surface area contributed by atoms with Crippen LogP contribution in [0, 0.1) is 11.6 Å². The van der Waals surface area contributed by atoms with Crippen molar-refractivity contribution >= 4 is 15.9 Å². The summed E-state index contributed by atoms with van der Waals surface area (Å²) in [4.78, 5) is 0. The van der Waals surface area contributed by atoms with E-state index in [2.05, 4.69) is 15.9 Å². The van der Waals surface area contributed by atoms with Gasteiger partial charge in [0.15, 0.2) is 5.67 Å². The van der Waals surface area contributed by atoms with E-state index in [0.29, 0.717) is 6.42 Å². The maximum atomic E-state index is 14.7. The van der Waals surface area contributed by atoms with Crippen LogP contribution < -0.4 is 5.73 Å². The van der Waals surface area contributed by atoms with Crippen LogP contribution in [0.25, 0.3) is 0 Å². The van der Waals surface area contributed by atoms with Crippen LogP contribution in [0.5, 0.6) is 0 Å². The number of alkyl halides is 1. The summed E-state index contributed by atoms with van der Waals surface area (Å²) in [6.07, 6.45) is 0.215. The highest BCUT2D eigenvalue weighted by molar-refractivity contribution is 9.10. The maximum Gasteiger partial charge on any atom is 0.164 e. The Kier molecular flexibility index (Phi) is 5.62. The van der Waals surface area contributed by atoms with Crippen LogP contribution in [0.15, 0.2) is 16.6 Å². The molecule has 0 amide bonds. The van der Waals surface area contributed by atoms with Gasteiger partial charge in [-0.05, 0) is 47.4 Å². The molecule has 2 nitrogen and oxygen atoms in total. The van der Waals surface area contributed by atoms with Gasteiger partial charge in [-0.1, -0.05) is 0 Å². The minimum Gasteiger partial charge on any atom is -0.381 e. The fraction of sp³-hybridized carbons (Fsp3) is 0.500. The van der Waals surface area contributed by atoms with Crippen LogP contribution in [0.4, 0.5) is 13.2 Å². The molecule has 0 aliphatic carbocycles. The van der Waals surface area contributed by atoms with Crippen molar-refractivity contribution in [3.63, 3.8) is 0 Å². The molecule has 1 aromatic rings. The zero-order valence-corrected chi connectivity index (χ0v) is 11.6. The van der Waals surface area contributed by atoms with E-state index in [-0.39, 0.29) is 17.4 Å². The van der Waals surface area contributed by atoms with Crippen LogP contribution in [0.3, 0.4) is 0 Å². The average Bonchev–Trinajstić information content (AvgIpc) is 2.32. The summed E-state index contributed by atoms with van der Waals surface area (Å²) >= 11 is 2.92. The Morgan fingerprint density at radius 3 is 2.61 bits per heavy atom. The standard InChI is InChI=1S/C12H15BrF3NO/c1-18-7-12(16,5-2-6-17)10-9(14)4-3-8(13)11(10)15/h3-4H,2,5-7,17H2,1H3. The van der Waals surface area contributed by atoms with Gasteiger partial charge < -0.3 is 10.5 Å². The lowest BCUT2D eigenvalue weighted by atomic mass is 9.90. The number of ether oxygens (including phenoxy) is 1. The lowest BCUT2D eigenvalue weighted by molar-refractivity contribution is 0.0248. The largest absolute Gasteiger partial charge is 0.381 e. The molecular formula is C12H15BrF3NO. The second-order valence-corrected chi connectivity index (χ2v) is 4.86. The monoisotopic (exact) mass is 325 g/mol. The van der Waals surface area contributed by atoms with Crippen molar-refractivity contribution in [2.45, 2.75) is 18.5 Å². The minimum absolute atomic E-state index is 0.0183. The van der Waals surface area contributed by atoms with E-state index in [9.17, 15) is 13.2 Å². The zero-order valence-electron chi connectivity index (χ0n) is 9.98. The fourth-order valence-corrected chi connectivity index (χ4v) is 2.15.